The number of rotatable bonds is 5. The number of hydrogen-bond acceptors (Lipinski definition) is 4. The van der Waals surface area contributed by atoms with E-state index in [1.165, 1.54) is 4.90 Å². The van der Waals surface area contributed by atoms with E-state index in [2.05, 4.69) is 25.8 Å². The van der Waals surface area contributed by atoms with Gasteiger partial charge < -0.3 is 14.8 Å². The highest BCUT2D eigenvalue weighted by molar-refractivity contribution is 6.51. The number of para-hydroxylation sites is 2. The van der Waals surface area contributed by atoms with E-state index < -0.39 is 17.7 Å². The molecule has 0 bridgehead atoms. The number of nitrogens with one attached hydrogen (secondary N) is 1. The average Bonchev–Trinajstić information content (AvgIpc) is 3.42. The number of ketones is 1. The second-order valence-electron chi connectivity index (χ2n) is 10.2. The molecule has 1 aliphatic heterocycles. The first kappa shape index (κ1) is 24.4. The number of carbonyl (C=O) groups excluding carboxylic acids is 2. The lowest BCUT2D eigenvalue weighted by Gasteiger charge is -2.25. The predicted octanol–water partition coefficient (Wildman–Crippen LogP) is 6.49. The summed E-state index contributed by atoms with van der Waals surface area (Å²) in [7, 11) is 0. The summed E-state index contributed by atoms with van der Waals surface area (Å²) >= 11 is 0. The van der Waals surface area contributed by atoms with Gasteiger partial charge in [0.15, 0.2) is 0 Å². The number of aromatic nitrogens is 1. The predicted molar refractivity (Wildman–Crippen MR) is 146 cm³/mol. The molecule has 6 nitrogen and oxygen atoms in total. The first-order valence-electron chi connectivity index (χ1n) is 12.4. The normalized spacial score (nSPS) is 17.5. The Bertz CT molecular complexity index is 1530. The fourth-order valence-corrected chi connectivity index (χ4v) is 5.00. The standard InChI is InChI=1S/C31H30N2O4/c1-5-37-25-16-15-19(17-23(25)31(2,3)4)28(34)26-27(22-18-32-24-14-10-9-13-21(22)24)33(30(36)29(26)35)20-11-7-6-8-12-20/h6-18,27,32,34H,5H2,1-4H3/b28-26+. The molecule has 2 N–H and O–H groups in total. The molecule has 188 valence electrons. The number of H-pyrrole nitrogens is 1. The van der Waals surface area contributed by atoms with E-state index >= 15 is 0 Å². The van der Waals surface area contributed by atoms with Crippen molar-refractivity contribution >= 4 is 34.0 Å². The molecule has 1 atom stereocenters. The Morgan fingerprint density at radius 3 is 2.41 bits per heavy atom. The Labute approximate surface area is 216 Å². The van der Waals surface area contributed by atoms with Gasteiger partial charge in [-0.3, -0.25) is 14.5 Å². The first-order valence-corrected chi connectivity index (χ1v) is 12.4. The van der Waals surface area contributed by atoms with E-state index in [-0.39, 0.29) is 16.7 Å². The van der Waals surface area contributed by atoms with Gasteiger partial charge in [-0.05, 0) is 48.7 Å². The van der Waals surface area contributed by atoms with Crippen LogP contribution in [0.3, 0.4) is 0 Å². The van der Waals surface area contributed by atoms with Crippen molar-refractivity contribution in [3.05, 3.63) is 101 Å². The van der Waals surface area contributed by atoms with Crippen molar-refractivity contribution in [2.24, 2.45) is 0 Å². The second-order valence-corrected chi connectivity index (χ2v) is 10.2. The number of Topliss-reactive ketones (excluding diaryl/α,β-unsaturated/α-hetero) is 1. The summed E-state index contributed by atoms with van der Waals surface area (Å²) < 4.78 is 5.83. The van der Waals surface area contributed by atoms with E-state index in [0.717, 1.165) is 27.8 Å². The van der Waals surface area contributed by atoms with Crippen LogP contribution in [0.5, 0.6) is 5.75 Å². The summed E-state index contributed by atoms with van der Waals surface area (Å²) in [6.45, 7) is 8.63. The number of anilines is 1. The van der Waals surface area contributed by atoms with Gasteiger partial charge in [0.05, 0.1) is 18.2 Å². The highest BCUT2D eigenvalue weighted by Gasteiger charge is 2.47. The Balaban J connectivity index is 1.76. The molecule has 37 heavy (non-hydrogen) atoms. The van der Waals surface area contributed by atoms with Gasteiger partial charge in [-0.2, -0.15) is 0 Å². The molecule has 5 rings (SSSR count). The van der Waals surface area contributed by atoms with Crippen LogP contribution in [0.1, 0.15) is 50.4 Å². The van der Waals surface area contributed by atoms with Gasteiger partial charge in [0.25, 0.3) is 11.7 Å². The molecule has 0 aliphatic carbocycles. The molecule has 6 heteroatoms. The minimum atomic E-state index is -0.803. The summed E-state index contributed by atoms with van der Waals surface area (Å²) in [5.74, 6) is -0.877. The van der Waals surface area contributed by atoms with Gasteiger partial charge in [0.1, 0.15) is 11.5 Å². The summed E-state index contributed by atoms with van der Waals surface area (Å²) in [6.07, 6.45) is 1.81. The van der Waals surface area contributed by atoms with E-state index in [9.17, 15) is 14.7 Å². The number of nitrogens with zero attached hydrogens (tertiary/aromatic N) is 1. The molecule has 1 aliphatic rings. The largest absolute Gasteiger partial charge is 0.507 e. The summed E-state index contributed by atoms with van der Waals surface area (Å²) in [6, 6.07) is 21.4. The number of benzene rings is 3. The van der Waals surface area contributed by atoms with Crippen LogP contribution >= 0.6 is 0 Å². The molecule has 3 aromatic carbocycles. The molecule has 1 unspecified atom stereocenters. The van der Waals surface area contributed by atoms with E-state index in [4.69, 9.17) is 4.74 Å². The molecule has 0 saturated carbocycles. The maximum absolute atomic E-state index is 13.6. The fourth-order valence-electron chi connectivity index (χ4n) is 5.00. The summed E-state index contributed by atoms with van der Waals surface area (Å²) in [5, 5.41) is 12.5. The number of aliphatic hydroxyl groups is 1. The van der Waals surface area contributed by atoms with Gasteiger partial charge >= 0.3 is 0 Å². The van der Waals surface area contributed by atoms with Gasteiger partial charge in [-0.25, -0.2) is 0 Å². The number of fused-ring (bicyclic) bond motifs is 1. The molecular weight excluding hydrogens is 464 g/mol. The van der Waals surface area contributed by atoms with Crippen LogP contribution in [0.2, 0.25) is 0 Å². The zero-order valence-corrected chi connectivity index (χ0v) is 21.4. The summed E-state index contributed by atoms with van der Waals surface area (Å²) in [4.78, 5) is 31.7. The van der Waals surface area contributed by atoms with Crippen molar-refractivity contribution in [2.45, 2.75) is 39.2 Å². The van der Waals surface area contributed by atoms with Crippen LogP contribution in [0.4, 0.5) is 5.69 Å². The van der Waals surface area contributed by atoms with Gasteiger partial charge in [0, 0.05) is 39.5 Å². The number of amides is 1. The monoisotopic (exact) mass is 494 g/mol. The maximum atomic E-state index is 13.6. The molecule has 4 aromatic rings. The minimum Gasteiger partial charge on any atom is -0.507 e. The van der Waals surface area contributed by atoms with Gasteiger partial charge in [0.2, 0.25) is 0 Å². The molecule has 1 aromatic heterocycles. The van der Waals surface area contributed by atoms with Crippen LogP contribution < -0.4 is 9.64 Å². The molecule has 0 spiro atoms. The molecule has 1 amide bonds. The quantitative estimate of drug-likeness (QED) is 0.189. The average molecular weight is 495 g/mol. The van der Waals surface area contributed by atoms with Crippen LogP contribution in [0.15, 0.2) is 84.6 Å². The Morgan fingerprint density at radius 2 is 1.70 bits per heavy atom. The topological polar surface area (TPSA) is 82.6 Å². The smallest absolute Gasteiger partial charge is 0.300 e. The lowest BCUT2D eigenvalue weighted by Crippen LogP contribution is -2.29. The number of aliphatic hydroxyl groups excluding tert-OH is 1. The highest BCUT2D eigenvalue weighted by atomic mass is 16.5. The summed E-state index contributed by atoms with van der Waals surface area (Å²) in [5.41, 5.74) is 3.36. The van der Waals surface area contributed by atoms with Crippen molar-refractivity contribution < 1.29 is 19.4 Å². The number of ether oxygens (including phenoxy) is 1. The Kier molecular flexibility index (Phi) is 6.12. The lowest BCUT2D eigenvalue weighted by molar-refractivity contribution is -0.132. The van der Waals surface area contributed by atoms with Crippen LogP contribution in [0.25, 0.3) is 16.7 Å². The molecule has 1 saturated heterocycles. The van der Waals surface area contributed by atoms with Crippen molar-refractivity contribution in [3.63, 3.8) is 0 Å². The maximum Gasteiger partial charge on any atom is 0.300 e. The Hall–Kier alpha value is -4.32. The number of hydrogen-bond donors (Lipinski definition) is 2. The van der Waals surface area contributed by atoms with Gasteiger partial charge in [-0.1, -0.05) is 57.2 Å². The SMILES string of the molecule is CCOc1ccc(/C(O)=C2\C(=O)C(=O)N(c3ccccc3)C2c2c[nH]c3ccccc23)cc1C(C)(C)C. The number of aromatic amines is 1. The van der Waals surface area contributed by atoms with Gasteiger partial charge in [-0.15, -0.1) is 0 Å². The zero-order chi connectivity index (χ0) is 26.3. The molecule has 1 fully saturated rings. The van der Waals surface area contributed by atoms with E-state index in [0.29, 0.717) is 17.9 Å². The van der Waals surface area contributed by atoms with Crippen molar-refractivity contribution in [2.75, 3.05) is 11.5 Å². The molecule has 2 heterocycles. The third-order valence-electron chi connectivity index (χ3n) is 6.76. The molecular formula is C31H30N2O4. The minimum absolute atomic E-state index is 0.0580. The first-order chi connectivity index (χ1) is 17.7. The third kappa shape index (κ3) is 4.18. The Morgan fingerprint density at radius 1 is 1.00 bits per heavy atom. The van der Waals surface area contributed by atoms with Crippen molar-refractivity contribution in [1.29, 1.82) is 0 Å². The van der Waals surface area contributed by atoms with Crippen molar-refractivity contribution in [1.82, 2.24) is 4.98 Å². The van der Waals surface area contributed by atoms with Crippen molar-refractivity contribution in [3.8, 4) is 5.75 Å². The van der Waals surface area contributed by atoms with E-state index in [1.807, 2.05) is 67.7 Å². The van der Waals surface area contributed by atoms with Crippen LogP contribution in [-0.4, -0.2) is 28.4 Å². The van der Waals surface area contributed by atoms with E-state index in [1.54, 1.807) is 18.2 Å². The lowest BCUT2D eigenvalue weighted by atomic mass is 9.84. The highest BCUT2D eigenvalue weighted by Crippen LogP contribution is 2.45. The van der Waals surface area contributed by atoms with Crippen LogP contribution in [-0.2, 0) is 15.0 Å². The van der Waals surface area contributed by atoms with Crippen LogP contribution in [0, 0.1) is 0 Å². The fraction of sp³-hybridized carbons (Fsp3) is 0.226. The second kappa shape index (κ2) is 9.28. The number of carbonyl (C=O) groups is 2. The third-order valence-corrected chi connectivity index (χ3v) is 6.76. The zero-order valence-electron chi connectivity index (χ0n) is 21.4. The molecule has 0 radical (unpaired) electrons.